The Kier molecular flexibility index (Phi) is 2.60. The van der Waals surface area contributed by atoms with Gasteiger partial charge in [-0.05, 0) is 40.8 Å². The zero-order chi connectivity index (χ0) is 10.3. The Morgan fingerprint density at radius 3 is 2.64 bits per heavy atom. The van der Waals surface area contributed by atoms with E-state index in [4.69, 9.17) is 0 Å². The molecule has 0 saturated heterocycles. The van der Waals surface area contributed by atoms with Gasteiger partial charge in [-0.15, -0.1) is 0 Å². The summed E-state index contributed by atoms with van der Waals surface area (Å²) in [4.78, 5) is 4.51. The number of hydrogen-bond donors (Lipinski definition) is 0. The van der Waals surface area contributed by atoms with Gasteiger partial charge in [0.05, 0.1) is 10.2 Å². The number of aromatic nitrogens is 1. The lowest BCUT2D eigenvalue weighted by molar-refractivity contribution is 0.605. The van der Waals surface area contributed by atoms with Crippen molar-refractivity contribution in [3.63, 3.8) is 0 Å². The minimum atomic E-state index is -0.175. The Bertz CT molecular complexity index is 359. The molecule has 0 aliphatic heterocycles. The van der Waals surface area contributed by atoms with Gasteiger partial charge in [-0.1, -0.05) is 13.8 Å². The third-order valence-corrected chi connectivity index (χ3v) is 3.30. The maximum absolute atomic E-state index is 13.5. The minimum Gasteiger partial charge on any atom is -0.256 e. The van der Waals surface area contributed by atoms with Crippen molar-refractivity contribution in [1.82, 2.24) is 4.98 Å². The molecule has 0 bridgehead atoms. The summed E-state index contributed by atoms with van der Waals surface area (Å²) in [6.07, 6.45) is 2.29. The zero-order valence-corrected chi connectivity index (χ0v) is 9.94. The molecule has 0 amide bonds. The van der Waals surface area contributed by atoms with Gasteiger partial charge in [0.15, 0.2) is 0 Å². The number of halogens is 2. The van der Waals surface area contributed by atoms with E-state index in [1.54, 1.807) is 0 Å². The summed E-state index contributed by atoms with van der Waals surface area (Å²) in [5.41, 5.74) is 1.77. The molecular weight excluding hydrogens is 245 g/mol. The van der Waals surface area contributed by atoms with E-state index in [1.165, 1.54) is 6.07 Å². The van der Waals surface area contributed by atoms with Gasteiger partial charge in [0.25, 0.3) is 0 Å². The Morgan fingerprint density at radius 1 is 1.50 bits per heavy atom. The highest BCUT2D eigenvalue weighted by molar-refractivity contribution is 9.10. The van der Waals surface area contributed by atoms with E-state index in [-0.39, 0.29) is 11.7 Å². The Balaban J connectivity index is 2.46. The lowest BCUT2D eigenvalue weighted by Gasteiger charge is -2.09. The molecule has 1 aliphatic carbocycles. The maximum Gasteiger partial charge on any atom is 0.141 e. The van der Waals surface area contributed by atoms with Crippen molar-refractivity contribution < 1.29 is 4.39 Å². The van der Waals surface area contributed by atoms with Crippen LogP contribution in [-0.4, -0.2) is 4.98 Å². The van der Waals surface area contributed by atoms with Gasteiger partial charge in [0.2, 0.25) is 0 Å². The van der Waals surface area contributed by atoms with Crippen LogP contribution in [0.3, 0.4) is 0 Å². The van der Waals surface area contributed by atoms with Crippen LogP contribution in [0.5, 0.6) is 0 Å². The topological polar surface area (TPSA) is 12.9 Å². The van der Waals surface area contributed by atoms with Crippen molar-refractivity contribution >= 4 is 15.9 Å². The van der Waals surface area contributed by atoms with Crippen LogP contribution in [0.25, 0.3) is 0 Å². The molecule has 76 valence electrons. The van der Waals surface area contributed by atoms with Crippen molar-refractivity contribution in [2.24, 2.45) is 0 Å². The summed E-state index contributed by atoms with van der Waals surface area (Å²) in [7, 11) is 0. The second-order valence-corrected chi connectivity index (χ2v) is 4.95. The van der Waals surface area contributed by atoms with E-state index in [0.29, 0.717) is 10.4 Å². The molecule has 14 heavy (non-hydrogen) atoms. The first-order valence-corrected chi connectivity index (χ1v) is 5.74. The normalized spacial score (nSPS) is 16.4. The first-order chi connectivity index (χ1) is 6.59. The highest BCUT2D eigenvalue weighted by Crippen LogP contribution is 2.43. The van der Waals surface area contributed by atoms with Gasteiger partial charge in [-0.3, -0.25) is 4.98 Å². The van der Waals surface area contributed by atoms with E-state index in [0.717, 1.165) is 24.2 Å². The molecular formula is C11H13BrFN. The van der Waals surface area contributed by atoms with Crippen molar-refractivity contribution in [2.75, 3.05) is 0 Å². The fraction of sp³-hybridized carbons (Fsp3) is 0.545. The third kappa shape index (κ3) is 1.83. The molecule has 1 heterocycles. The first kappa shape index (κ1) is 10.1. The molecule has 1 aromatic rings. The molecule has 0 radical (unpaired) electrons. The third-order valence-electron chi connectivity index (χ3n) is 2.51. The van der Waals surface area contributed by atoms with Crippen LogP contribution >= 0.6 is 15.9 Å². The molecule has 1 aromatic heterocycles. The quantitative estimate of drug-likeness (QED) is 0.781. The number of pyridine rings is 1. The van der Waals surface area contributed by atoms with Gasteiger partial charge in [0.1, 0.15) is 5.82 Å². The molecule has 0 aromatic carbocycles. The highest BCUT2D eigenvalue weighted by atomic mass is 79.9. The van der Waals surface area contributed by atoms with E-state index in [1.807, 2.05) is 13.8 Å². The van der Waals surface area contributed by atoms with Gasteiger partial charge in [-0.25, -0.2) is 4.39 Å². The summed E-state index contributed by atoms with van der Waals surface area (Å²) in [6.45, 7) is 4.07. The average Bonchev–Trinajstić information content (AvgIpc) is 2.92. The van der Waals surface area contributed by atoms with Crippen molar-refractivity contribution in [2.45, 2.75) is 38.5 Å². The van der Waals surface area contributed by atoms with Crippen LogP contribution in [-0.2, 0) is 0 Å². The van der Waals surface area contributed by atoms with Crippen molar-refractivity contribution in [3.8, 4) is 0 Å². The standard InChI is InChI=1S/C11H13BrFN/c1-6(2)9-5-8(13)10(12)11(14-9)7-3-4-7/h5-7H,3-4H2,1-2H3. The average molecular weight is 258 g/mol. The largest absolute Gasteiger partial charge is 0.256 e. The predicted octanol–water partition coefficient (Wildman–Crippen LogP) is 3.98. The van der Waals surface area contributed by atoms with Crippen LogP contribution in [0.4, 0.5) is 4.39 Å². The van der Waals surface area contributed by atoms with Crippen LogP contribution in [0, 0.1) is 5.82 Å². The van der Waals surface area contributed by atoms with E-state index in [2.05, 4.69) is 20.9 Å². The first-order valence-electron chi connectivity index (χ1n) is 4.95. The lowest BCUT2D eigenvalue weighted by atomic mass is 10.1. The lowest BCUT2D eigenvalue weighted by Crippen LogP contribution is -2.00. The van der Waals surface area contributed by atoms with Crippen LogP contribution in [0.2, 0.25) is 0 Å². The predicted molar refractivity (Wildman–Crippen MR) is 58.0 cm³/mol. The van der Waals surface area contributed by atoms with E-state index < -0.39 is 0 Å². The van der Waals surface area contributed by atoms with Gasteiger partial charge >= 0.3 is 0 Å². The van der Waals surface area contributed by atoms with Crippen LogP contribution < -0.4 is 0 Å². The van der Waals surface area contributed by atoms with E-state index in [9.17, 15) is 4.39 Å². The molecule has 0 atom stereocenters. The minimum absolute atomic E-state index is 0.175. The SMILES string of the molecule is CC(C)c1cc(F)c(Br)c(C2CC2)n1. The van der Waals surface area contributed by atoms with Gasteiger partial charge in [0, 0.05) is 11.6 Å². The molecule has 1 nitrogen and oxygen atoms in total. The number of rotatable bonds is 2. The second kappa shape index (κ2) is 3.61. The Morgan fingerprint density at radius 2 is 2.14 bits per heavy atom. The summed E-state index contributed by atoms with van der Waals surface area (Å²) < 4.78 is 14.1. The summed E-state index contributed by atoms with van der Waals surface area (Å²) in [5.74, 6) is 0.596. The second-order valence-electron chi connectivity index (χ2n) is 4.16. The van der Waals surface area contributed by atoms with Crippen LogP contribution in [0.15, 0.2) is 10.5 Å². The highest BCUT2D eigenvalue weighted by Gasteiger charge is 2.29. The van der Waals surface area contributed by atoms with Gasteiger partial charge < -0.3 is 0 Å². The molecule has 0 N–H and O–H groups in total. The van der Waals surface area contributed by atoms with Gasteiger partial charge in [-0.2, -0.15) is 0 Å². The number of nitrogens with zero attached hydrogens (tertiary/aromatic N) is 1. The molecule has 1 aliphatic rings. The van der Waals surface area contributed by atoms with Crippen LogP contribution in [0.1, 0.15) is 49.9 Å². The monoisotopic (exact) mass is 257 g/mol. The molecule has 1 saturated carbocycles. The molecule has 1 fully saturated rings. The molecule has 3 heteroatoms. The fourth-order valence-corrected chi connectivity index (χ4v) is 1.99. The molecule has 0 unspecified atom stereocenters. The Labute approximate surface area is 91.9 Å². The molecule has 2 rings (SSSR count). The smallest absolute Gasteiger partial charge is 0.141 e. The summed E-state index contributed by atoms with van der Waals surface area (Å²) in [6, 6.07) is 1.53. The van der Waals surface area contributed by atoms with Crippen molar-refractivity contribution in [1.29, 1.82) is 0 Å². The molecule has 0 spiro atoms. The maximum atomic E-state index is 13.5. The zero-order valence-electron chi connectivity index (χ0n) is 8.35. The summed E-state index contributed by atoms with van der Waals surface area (Å²) in [5, 5.41) is 0. The fourth-order valence-electron chi connectivity index (χ4n) is 1.46. The summed E-state index contributed by atoms with van der Waals surface area (Å²) >= 11 is 3.27. The number of hydrogen-bond acceptors (Lipinski definition) is 1. The van der Waals surface area contributed by atoms with Crippen molar-refractivity contribution in [3.05, 3.63) is 27.7 Å². The Hall–Kier alpha value is -0.440. The van der Waals surface area contributed by atoms with E-state index >= 15 is 0 Å².